The molecule has 1 aromatic heterocycles. The lowest BCUT2D eigenvalue weighted by Gasteiger charge is -2.09. The predicted molar refractivity (Wildman–Crippen MR) is 68.8 cm³/mol. The minimum atomic E-state index is 0.389. The van der Waals surface area contributed by atoms with Gasteiger partial charge in [0.25, 0.3) is 0 Å². The monoisotopic (exact) mass is 250 g/mol. The minimum Gasteiger partial charge on any atom is -0.324 e. The Bertz CT molecular complexity index is 533. The summed E-state index contributed by atoms with van der Waals surface area (Å²) in [5.41, 5.74) is 7.66. The van der Waals surface area contributed by atoms with Gasteiger partial charge in [0.1, 0.15) is 5.82 Å². The van der Waals surface area contributed by atoms with Crippen molar-refractivity contribution in [3.63, 3.8) is 0 Å². The second kappa shape index (κ2) is 4.85. The van der Waals surface area contributed by atoms with Gasteiger partial charge in [-0.15, -0.1) is 10.2 Å². The second-order valence-corrected chi connectivity index (χ2v) is 4.21. The van der Waals surface area contributed by atoms with E-state index in [9.17, 15) is 0 Å². The highest BCUT2D eigenvalue weighted by atomic mass is 35.5. The Morgan fingerprint density at radius 1 is 1.35 bits per heavy atom. The molecule has 2 aromatic rings. The van der Waals surface area contributed by atoms with Gasteiger partial charge >= 0.3 is 0 Å². The van der Waals surface area contributed by atoms with Crippen molar-refractivity contribution in [2.45, 2.75) is 26.9 Å². The lowest BCUT2D eigenvalue weighted by atomic mass is 10.1. The summed E-state index contributed by atoms with van der Waals surface area (Å²) >= 11 is 6.12. The van der Waals surface area contributed by atoms with E-state index < -0.39 is 0 Å². The van der Waals surface area contributed by atoms with E-state index in [0.717, 1.165) is 34.3 Å². The fourth-order valence-electron chi connectivity index (χ4n) is 1.87. The standard InChI is InChI=1S/C12H15ClN4/c1-3-17-11(7-14)15-16-12(17)9-5-4-6-10(13)8(9)2/h4-6H,3,7,14H2,1-2H3. The van der Waals surface area contributed by atoms with Gasteiger partial charge < -0.3 is 10.3 Å². The van der Waals surface area contributed by atoms with Crippen molar-refractivity contribution in [3.05, 3.63) is 34.6 Å². The Hall–Kier alpha value is -1.39. The maximum absolute atomic E-state index is 6.12. The molecular formula is C12H15ClN4. The third-order valence-electron chi connectivity index (χ3n) is 2.83. The molecule has 90 valence electrons. The van der Waals surface area contributed by atoms with E-state index in [0.29, 0.717) is 6.54 Å². The van der Waals surface area contributed by atoms with Crippen LogP contribution in [0, 0.1) is 6.92 Å². The van der Waals surface area contributed by atoms with Crippen LogP contribution in [0.15, 0.2) is 18.2 Å². The third kappa shape index (κ3) is 2.06. The van der Waals surface area contributed by atoms with Gasteiger partial charge in [-0.1, -0.05) is 23.7 Å². The van der Waals surface area contributed by atoms with Crippen LogP contribution in [0.1, 0.15) is 18.3 Å². The Kier molecular flexibility index (Phi) is 3.45. The fraction of sp³-hybridized carbons (Fsp3) is 0.333. The molecule has 0 radical (unpaired) electrons. The van der Waals surface area contributed by atoms with E-state index in [1.54, 1.807) is 0 Å². The van der Waals surface area contributed by atoms with Crippen LogP contribution in [0.3, 0.4) is 0 Å². The van der Waals surface area contributed by atoms with Crippen LogP contribution in [-0.2, 0) is 13.1 Å². The number of hydrogen-bond donors (Lipinski definition) is 1. The maximum atomic E-state index is 6.12. The summed E-state index contributed by atoms with van der Waals surface area (Å²) in [4.78, 5) is 0. The van der Waals surface area contributed by atoms with Crippen LogP contribution in [0.25, 0.3) is 11.4 Å². The Morgan fingerprint density at radius 3 is 2.76 bits per heavy atom. The molecule has 1 aromatic carbocycles. The number of aromatic nitrogens is 3. The summed E-state index contributed by atoms with van der Waals surface area (Å²) in [5.74, 6) is 1.62. The van der Waals surface area contributed by atoms with E-state index in [1.807, 2.05) is 36.6 Å². The largest absolute Gasteiger partial charge is 0.324 e. The van der Waals surface area contributed by atoms with Crippen molar-refractivity contribution in [3.8, 4) is 11.4 Å². The molecule has 0 aliphatic rings. The van der Waals surface area contributed by atoms with Crippen LogP contribution < -0.4 is 5.73 Å². The number of hydrogen-bond acceptors (Lipinski definition) is 3. The van der Waals surface area contributed by atoms with Gasteiger partial charge in [0, 0.05) is 17.1 Å². The SMILES string of the molecule is CCn1c(CN)nnc1-c1cccc(Cl)c1C. The van der Waals surface area contributed by atoms with E-state index in [1.165, 1.54) is 0 Å². The summed E-state index contributed by atoms with van der Waals surface area (Å²) in [5, 5.41) is 9.04. The first-order chi connectivity index (χ1) is 8.19. The Balaban J connectivity index is 2.60. The molecule has 0 aliphatic heterocycles. The number of nitrogens with two attached hydrogens (primary N) is 1. The van der Waals surface area contributed by atoms with Gasteiger partial charge in [-0.05, 0) is 25.5 Å². The smallest absolute Gasteiger partial charge is 0.164 e. The molecule has 4 nitrogen and oxygen atoms in total. The molecule has 5 heteroatoms. The molecule has 0 atom stereocenters. The van der Waals surface area contributed by atoms with E-state index >= 15 is 0 Å². The number of rotatable bonds is 3. The van der Waals surface area contributed by atoms with Crippen molar-refractivity contribution in [2.24, 2.45) is 5.73 Å². The molecule has 0 unspecified atom stereocenters. The van der Waals surface area contributed by atoms with E-state index in [-0.39, 0.29) is 0 Å². The highest BCUT2D eigenvalue weighted by molar-refractivity contribution is 6.31. The van der Waals surface area contributed by atoms with Crippen molar-refractivity contribution < 1.29 is 0 Å². The van der Waals surface area contributed by atoms with Gasteiger partial charge in [-0.2, -0.15) is 0 Å². The third-order valence-corrected chi connectivity index (χ3v) is 3.24. The molecule has 2 N–H and O–H groups in total. The first-order valence-electron chi connectivity index (χ1n) is 5.56. The first-order valence-corrected chi connectivity index (χ1v) is 5.94. The van der Waals surface area contributed by atoms with Crippen LogP contribution >= 0.6 is 11.6 Å². The molecule has 0 aliphatic carbocycles. The van der Waals surface area contributed by atoms with Crippen molar-refractivity contribution >= 4 is 11.6 Å². The summed E-state index contributed by atoms with van der Waals surface area (Å²) in [6, 6.07) is 5.79. The van der Waals surface area contributed by atoms with Crippen molar-refractivity contribution in [2.75, 3.05) is 0 Å². The zero-order valence-electron chi connectivity index (χ0n) is 9.94. The van der Waals surface area contributed by atoms with Gasteiger partial charge in [-0.3, -0.25) is 0 Å². The van der Waals surface area contributed by atoms with E-state index in [4.69, 9.17) is 17.3 Å². The molecule has 0 bridgehead atoms. The summed E-state index contributed by atoms with van der Waals surface area (Å²) < 4.78 is 2.01. The van der Waals surface area contributed by atoms with Crippen molar-refractivity contribution in [1.29, 1.82) is 0 Å². The second-order valence-electron chi connectivity index (χ2n) is 3.80. The van der Waals surface area contributed by atoms with Crippen LogP contribution in [0.4, 0.5) is 0 Å². The number of halogens is 1. The zero-order chi connectivity index (χ0) is 12.4. The average molecular weight is 251 g/mol. The molecule has 1 heterocycles. The molecule has 0 amide bonds. The highest BCUT2D eigenvalue weighted by Crippen LogP contribution is 2.27. The normalized spacial score (nSPS) is 10.8. The molecule has 0 fully saturated rings. The summed E-state index contributed by atoms with van der Waals surface area (Å²) in [7, 11) is 0. The molecule has 0 spiro atoms. The zero-order valence-corrected chi connectivity index (χ0v) is 10.7. The first kappa shape index (κ1) is 12.1. The highest BCUT2D eigenvalue weighted by Gasteiger charge is 2.14. The molecular weight excluding hydrogens is 236 g/mol. The van der Waals surface area contributed by atoms with Crippen LogP contribution in [-0.4, -0.2) is 14.8 Å². The van der Waals surface area contributed by atoms with Crippen LogP contribution in [0.2, 0.25) is 5.02 Å². The molecule has 0 saturated carbocycles. The predicted octanol–water partition coefficient (Wildman–Crippen LogP) is 2.39. The summed E-state index contributed by atoms with van der Waals surface area (Å²) in [6.07, 6.45) is 0. The van der Waals surface area contributed by atoms with Gasteiger partial charge in [0.2, 0.25) is 0 Å². The lowest BCUT2D eigenvalue weighted by Crippen LogP contribution is -2.08. The Morgan fingerprint density at radius 2 is 2.12 bits per heavy atom. The molecule has 2 rings (SSSR count). The number of benzene rings is 1. The number of nitrogens with zero attached hydrogens (tertiary/aromatic N) is 3. The lowest BCUT2D eigenvalue weighted by molar-refractivity contribution is 0.704. The topological polar surface area (TPSA) is 56.7 Å². The quantitative estimate of drug-likeness (QED) is 0.910. The minimum absolute atomic E-state index is 0.389. The Labute approximate surface area is 105 Å². The van der Waals surface area contributed by atoms with Crippen LogP contribution in [0.5, 0.6) is 0 Å². The average Bonchev–Trinajstić information content (AvgIpc) is 2.75. The molecule has 17 heavy (non-hydrogen) atoms. The van der Waals surface area contributed by atoms with Crippen molar-refractivity contribution in [1.82, 2.24) is 14.8 Å². The maximum Gasteiger partial charge on any atom is 0.164 e. The van der Waals surface area contributed by atoms with Gasteiger partial charge in [0.05, 0.1) is 6.54 Å². The summed E-state index contributed by atoms with van der Waals surface area (Å²) in [6.45, 7) is 5.21. The van der Waals surface area contributed by atoms with Gasteiger partial charge in [0.15, 0.2) is 5.82 Å². The van der Waals surface area contributed by atoms with Gasteiger partial charge in [-0.25, -0.2) is 0 Å². The molecule has 0 saturated heterocycles. The fourth-order valence-corrected chi connectivity index (χ4v) is 2.04. The van der Waals surface area contributed by atoms with E-state index in [2.05, 4.69) is 10.2 Å².